The Morgan fingerprint density at radius 1 is 0.478 bits per heavy atom. The van der Waals surface area contributed by atoms with Gasteiger partial charge >= 0.3 is 0 Å². The molecule has 0 amide bonds. The van der Waals surface area contributed by atoms with Crippen molar-refractivity contribution in [2.75, 3.05) is 0 Å². The Morgan fingerprint density at radius 2 is 0.826 bits per heavy atom. The molecule has 0 nitrogen and oxygen atoms in total. The fraction of sp³-hybridized carbons (Fsp3) is 0.0909. The van der Waals surface area contributed by atoms with Gasteiger partial charge in [-0.25, -0.2) is 0 Å². The minimum Gasteiger partial charge on any atom is -0.0796 e. The first kappa shape index (κ1) is 14.2. The maximum absolute atomic E-state index is 2.40. The molecular weight excluding hydrogens is 292 g/mol. The van der Waals surface area contributed by atoms with Crippen LogP contribution >= 0.6 is 0 Å². The van der Waals surface area contributed by atoms with Crippen LogP contribution in [0.1, 0.15) is 0 Å². The lowest BCUT2D eigenvalue weighted by Gasteiger charge is -2.40. The van der Waals surface area contributed by atoms with Crippen molar-refractivity contribution in [3.63, 3.8) is 0 Å². The summed E-state index contributed by atoms with van der Waals surface area (Å²) in [6, 6.07) is 22.3. The van der Waals surface area contributed by atoms with Gasteiger partial charge in [-0.15, -0.1) is 0 Å². The van der Waals surface area contributed by atoms with Crippen LogP contribution in [0.25, 0.3) is 0 Å². The van der Waals surface area contributed by atoms with Crippen molar-refractivity contribution < 1.29 is 0 Å². The second-order valence-electron chi connectivity index (χ2n) is 6.19. The predicted molar refractivity (Wildman–Crippen MR) is 102 cm³/mol. The number of allylic oxidation sites excluding steroid dienone is 8. The molecule has 0 heterocycles. The first-order valence-electron chi connectivity index (χ1n) is 8.23. The van der Waals surface area contributed by atoms with E-state index >= 15 is 0 Å². The summed E-state index contributed by atoms with van der Waals surface area (Å²) >= 11 is 0. The van der Waals surface area contributed by atoms with Crippen LogP contribution in [0, 0.1) is 0 Å². The first-order valence-corrected chi connectivity index (χ1v) is 10.4. The molecule has 0 atom stereocenters. The highest BCUT2D eigenvalue weighted by Gasteiger charge is 2.47. The summed E-state index contributed by atoms with van der Waals surface area (Å²) in [6.07, 6.45) is 18.4. The molecule has 23 heavy (non-hydrogen) atoms. The minimum absolute atomic E-state index is 0.490. The Bertz CT molecular complexity index is 688. The molecule has 2 aromatic rings. The van der Waals surface area contributed by atoms with E-state index in [1.807, 2.05) is 0 Å². The van der Waals surface area contributed by atoms with Crippen molar-refractivity contribution in [2.45, 2.75) is 11.1 Å². The fourth-order valence-electron chi connectivity index (χ4n) is 4.06. The highest BCUT2D eigenvalue weighted by atomic mass is 28.3. The smallest absolute Gasteiger partial charge is 0.0796 e. The SMILES string of the molecule is C1=CC([Si](c2ccccc2)(c2ccccc2)C2C=CC=C2)C=C1. The Kier molecular flexibility index (Phi) is 3.72. The number of hydrogen-bond acceptors (Lipinski definition) is 0. The molecule has 0 aliphatic heterocycles. The van der Waals surface area contributed by atoms with Gasteiger partial charge in [0, 0.05) is 0 Å². The van der Waals surface area contributed by atoms with Crippen molar-refractivity contribution in [1.29, 1.82) is 0 Å². The van der Waals surface area contributed by atoms with Crippen LogP contribution in [-0.4, -0.2) is 8.07 Å². The summed E-state index contributed by atoms with van der Waals surface area (Å²) in [5.74, 6) is 0. The zero-order valence-electron chi connectivity index (χ0n) is 13.0. The van der Waals surface area contributed by atoms with E-state index < -0.39 is 8.07 Å². The Labute approximate surface area is 139 Å². The Morgan fingerprint density at radius 3 is 1.17 bits per heavy atom. The summed E-state index contributed by atoms with van der Waals surface area (Å²) in [4.78, 5) is 0. The van der Waals surface area contributed by atoms with Crippen LogP contribution in [0.15, 0.2) is 109 Å². The highest BCUT2D eigenvalue weighted by Crippen LogP contribution is 2.40. The van der Waals surface area contributed by atoms with E-state index in [2.05, 4.69) is 109 Å². The topological polar surface area (TPSA) is 0 Å². The molecule has 2 aliphatic carbocycles. The second kappa shape index (κ2) is 6.02. The molecule has 0 N–H and O–H groups in total. The average molecular weight is 312 g/mol. The maximum Gasteiger partial charge on any atom is 0.138 e. The lowest BCUT2D eigenvalue weighted by molar-refractivity contribution is 1.21. The standard InChI is InChI=1S/C22H20Si/c1-3-11-19(12-4-1)23(21-15-7-8-16-21,22-17-9-10-18-22)20-13-5-2-6-14-20/h1-18,21-22H. The van der Waals surface area contributed by atoms with Crippen molar-refractivity contribution in [1.82, 2.24) is 0 Å². The molecule has 0 fully saturated rings. The molecule has 2 aliphatic rings. The third-order valence-corrected chi connectivity index (χ3v) is 10.5. The summed E-state index contributed by atoms with van der Waals surface area (Å²) in [5.41, 5.74) is 0.981. The molecule has 0 aromatic heterocycles. The molecule has 0 saturated heterocycles. The van der Waals surface area contributed by atoms with Gasteiger partial charge in [0.25, 0.3) is 0 Å². The molecular formula is C22H20Si. The van der Waals surface area contributed by atoms with Crippen LogP contribution in [0.3, 0.4) is 0 Å². The third kappa shape index (κ3) is 2.29. The average Bonchev–Trinajstić information content (AvgIpc) is 3.32. The van der Waals surface area contributed by atoms with Gasteiger partial charge in [-0.2, -0.15) is 0 Å². The zero-order chi connectivity index (χ0) is 15.5. The zero-order valence-corrected chi connectivity index (χ0v) is 14.0. The molecule has 112 valence electrons. The second-order valence-corrected chi connectivity index (χ2v) is 10.4. The summed E-state index contributed by atoms with van der Waals surface area (Å²) in [7, 11) is -2.03. The quantitative estimate of drug-likeness (QED) is 0.741. The van der Waals surface area contributed by atoms with E-state index in [1.54, 1.807) is 0 Å². The van der Waals surface area contributed by atoms with Crippen molar-refractivity contribution in [3.05, 3.63) is 109 Å². The number of benzene rings is 2. The number of hydrogen-bond donors (Lipinski definition) is 0. The molecule has 0 radical (unpaired) electrons. The first-order chi connectivity index (χ1) is 11.4. The van der Waals surface area contributed by atoms with Gasteiger partial charge < -0.3 is 0 Å². The van der Waals surface area contributed by atoms with E-state index in [0.29, 0.717) is 11.1 Å². The van der Waals surface area contributed by atoms with Crippen LogP contribution in [0.4, 0.5) is 0 Å². The maximum atomic E-state index is 2.40. The fourth-order valence-corrected chi connectivity index (χ4v) is 9.52. The van der Waals surface area contributed by atoms with Gasteiger partial charge in [-0.05, 0) is 11.1 Å². The molecule has 0 unspecified atom stereocenters. The molecule has 2 aromatic carbocycles. The monoisotopic (exact) mass is 312 g/mol. The largest absolute Gasteiger partial charge is 0.138 e. The van der Waals surface area contributed by atoms with Gasteiger partial charge in [-0.3, -0.25) is 0 Å². The van der Waals surface area contributed by atoms with Gasteiger partial charge in [0.15, 0.2) is 0 Å². The molecule has 0 bridgehead atoms. The minimum atomic E-state index is -2.03. The molecule has 4 rings (SSSR count). The van der Waals surface area contributed by atoms with Crippen molar-refractivity contribution in [3.8, 4) is 0 Å². The van der Waals surface area contributed by atoms with Crippen LogP contribution < -0.4 is 10.4 Å². The molecule has 1 heteroatoms. The summed E-state index contributed by atoms with van der Waals surface area (Å²) in [5, 5.41) is 3.02. The van der Waals surface area contributed by atoms with Gasteiger partial charge in [-0.1, -0.05) is 120 Å². The molecule has 0 spiro atoms. The van der Waals surface area contributed by atoms with E-state index in [9.17, 15) is 0 Å². The van der Waals surface area contributed by atoms with E-state index in [0.717, 1.165) is 0 Å². The molecule has 0 saturated carbocycles. The van der Waals surface area contributed by atoms with Gasteiger partial charge in [0.1, 0.15) is 8.07 Å². The lowest BCUT2D eigenvalue weighted by Crippen LogP contribution is -2.63. The van der Waals surface area contributed by atoms with Gasteiger partial charge in [0.05, 0.1) is 0 Å². The van der Waals surface area contributed by atoms with Crippen LogP contribution in [0.2, 0.25) is 11.1 Å². The third-order valence-electron chi connectivity index (χ3n) is 5.05. The summed E-state index contributed by atoms with van der Waals surface area (Å²) < 4.78 is 0. The van der Waals surface area contributed by atoms with E-state index in [4.69, 9.17) is 0 Å². The highest BCUT2D eigenvalue weighted by molar-refractivity contribution is 7.05. The Balaban J connectivity index is 2.01. The Hall–Kier alpha value is -2.38. The lowest BCUT2D eigenvalue weighted by atomic mass is 10.3. The van der Waals surface area contributed by atoms with E-state index in [1.165, 1.54) is 10.4 Å². The van der Waals surface area contributed by atoms with Crippen LogP contribution in [0.5, 0.6) is 0 Å². The van der Waals surface area contributed by atoms with E-state index in [-0.39, 0.29) is 0 Å². The van der Waals surface area contributed by atoms with Crippen molar-refractivity contribution in [2.24, 2.45) is 0 Å². The van der Waals surface area contributed by atoms with Crippen LogP contribution in [-0.2, 0) is 0 Å². The van der Waals surface area contributed by atoms with Gasteiger partial charge in [0.2, 0.25) is 0 Å². The normalized spacial score (nSPS) is 17.4. The predicted octanol–water partition coefficient (Wildman–Crippen LogP) is 4.24. The van der Waals surface area contributed by atoms with Crippen molar-refractivity contribution >= 4 is 18.4 Å². The summed E-state index contributed by atoms with van der Waals surface area (Å²) in [6.45, 7) is 0. The number of rotatable bonds is 4.